The van der Waals surface area contributed by atoms with Crippen LogP contribution in [0.15, 0.2) is 0 Å². The predicted octanol–water partition coefficient (Wildman–Crippen LogP) is 1.29. The van der Waals surface area contributed by atoms with Crippen molar-refractivity contribution in [3.63, 3.8) is 0 Å². The molecule has 0 aromatic rings. The molecule has 2 unspecified atom stereocenters. The highest BCUT2D eigenvalue weighted by Crippen LogP contribution is 2.18. The Bertz CT molecular complexity index is 182. The first kappa shape index (κ1) is 11.4. The first-order valence-electron chi connectivity index (χ1n) is 6.44. The van der Waals surface area contributed by atoms with Gasteiger partial charge >= 0.3 is 0 Å². The van der Waals surface area contributed by atoms with Crippen molar-refractivity contribution >= 4 is 0 Å². The molecule has 2 atom stereocenters. The lowest BCUT2D eigenvalue weighted by atomic mass is 10.2. The van der Waals surface area contributed by atoms with Crippen LogP contribution in [-0.4, -0.2) is 37.9 Å². The Morgan fingerprint density at radius 2 is 2.00 bits per heavy atom. The van der Waals surface area contributed by atoms with Crippen LogP contribution in [0.25, 0.3) is 0 Å². The highest BCUT2D eigenvalue weighted by molar-refractivity contribution is 4.80. The zero-order valence-corrected chi connectivity index (χ0v) is 9.80. The lowest BCUT2D eigenvalue weighted by molar-refractivity contribution is 0.0561. The van der Waals surface area contributed by atoms with Gasteiger partial charge in [0, 0.05) is 12.6 Å². The summed E-state index contributed by atoms with van der Waals surface area (Å²) in [6.07, 6.45) is 7.43. The molecular formula is C12H24N2O. The minimum atomic E-state index is 0.469. The van der Waals surface area contributed by atoms with Crippen molar-refractivity contribution in [1.82, 2.24) is 10.6 Å². The maximum Gasteiger partial charge on any atom is 0.0704 e. The SMILES string of the molecule is CC1CCC(CNCCCNC2CC2)O1. The maximum absolute atomic E-state index is 5.74. The molecule has 1 saturated carbocycles. The van der Waals surface area contributed by atoms with Gasteiger partial charge in [0.15, 0.2) is 0 Å². The highest BCUT2D eigenvalue weighted by atomic mass is 16.5. The molecule has 0 spiro atoms. The van der Waals surface area contributed by atoms with Gasteiger partial charge in [0.1, 0.15) is 0 Å². The fourth-order valence-corrected chi connectivity index (χ4v) is 2.11. The smallest absolute Gasteiger partial charge is 0.0704 e. The van der Waals surface area contributed by atoms with Crippen LogP contribution in [0.1, 0.15) is 39.0 Å². The van der Waals surface area contributed by atoms with E-state index in [1.54, 1.807) is 0 Å². The molecular weight excluding hydrogens is 188 g/mol. The summed E-state index contributed by atoms with van der Waals surface area (Å²) in [5, 5.41) is 7.00. The number of hydrogen-bond donors (Lipinski definition) is 2. The third-order valence-corrected chi connectivity index (χ3v) is 3.23. The van der Waals surface area contributed by atoms with Gasteiger partial charge in [-0.3, -0.25) is 0 Å². The van der Waals surface area contributed by atoms with Crippen LogP contribution in [0, 0.1) is 0 Å². The van der Waals surface area contributed by atoms with Gasteiger partial charge < -0.3 is 15.4 Å². The van der Waals surface area contributed by atoms with Crippen molar-refractivity contribution in [2.75, 3.05) is 19.6 Å². The summed E-state index contributed by atoms with van der Waals surface area (Å²) in [4.78, 5) is 0. The second kappa shape index (κ2) is 5.83. The monoisotopic (exact) mass is 212 g/mol. The molecule has 88 valence electrons. The summed E-state index contributed by atoms with van der Waals surface area (Å²) in [7, 11) is 0. The number of nitrogens with one attached hydrogen (secondary N) is 2. The van der Waals surface area contributed by atoms with Crippen molar-refractivity contribution in [2.45, 2.75) is 57.3 Å². The average Bonchev–Trinajstić information content (AvgIpc) is 2.95. The Kier molecular flexibility index (Phi) is 4.42. The summed E-state index contributed by atoms with van der Waals surface area (Å²) in [5.41, 5.74) is 0. The van der Waals surface area contributed by atoms with Gasteiger partial charge in [0.25, 0.3) is 0 Å². The topological polar surface area (TPSA) is 33.3 Å². The first-order valence-corrected chi connectivity index (χ1v) is 6.44. The number of ether oxygens (including phenoxy) is 1. The van der Waals surface area contributed by atoms with Crippen LogP contribution < -0.4 is 10.6 Å². The van der Waals surface area contributed by atoms with E-state index < -0.39 is 0 Å². The zero-order valence-electron chi connectivity index (χ0n) is 9.80. The van der Waals surface area contributed by atoms with E-state index in [0.29, 0.717) is 12.2 Å². The van der Waals surface area contributed by atoms with Crippen LogP contribution in [0.4, 0.5) is 0 Å². The number of rotatable bonds is 7. The quantitative estimate of drug-likeness (QED) is 0.624. The molecule has 1 aliphatic heterocycles. The highest BCUT2D eigenvalue weighted by Gasteiger charge is 2.21. The second-order valence-electron chi connectivity index (χ2n) is 4.93. The standard InChI is InChI=1S/C12H24N2O/c1-10-3-6-12(15-10)9-13-7-2-8-14-11-4-5-11/h10-14H,2-9H2,1H3. The Balaban J connectivity index is 1.38. The molecule has 0 aromatic carbocycles. The molecule has 2 rings (SSSR count). The van der Waals surface area contributed by atoms with Crippen molar-refractivity contribution in [3.05, 3.63) is 0 Å². The van der Waals surface area contributed by atoms with E-state index >= 15 is 0 Å². The molecule has 3 nitrogen and oxygen atoms in total. The summed E-state index contributed by atoms with van der Waals surface area (Å²) in [6, 6.07) is 0.851. The second-order valence-corrected chi connectivity index (χ2v) is 4.93. The molecule has 1 saturated heterocycles. The molecule has 1 aliphatic carbocycles. The van der Waals surface area contributed by atoms with Crippen LogP contribution in [-0.2, 0) is 4.74 Å². The molecule has 15 heavy (non-hydrogen) atoms. The number of hydrogen-bond acceptors (Lipinski definition) is 3. The minimum Gasteiger partial charge on any atom is -0.374 e. The molecule has 2 aliphatic rings. The summed E-state index contributed by atoms with van der Waals surface area (Å²) >= 11 is 0. The van der Waals surface area contributed by atoms with E-state index in [-0.39, 0.29) is 0 Å². The predicted molar refractivity (Wildman–Crippen MR) is 62.1 cm³/mol. The maximum atomic E-state index is 5.74. The average molecular weight is 212 g/mol. The third-order valence-electron chi connectivity index (χ3n) is 3.23. The lowest BCUT2D eigenvalue weighted by Gasteiger charge is -2.12. The van der Waals surface area contributed by atoms with Gasteiger partial charge in [-0.1, -0.05) is 0 Å². The molecule has 2 fully saturated rings. The van der Waals surface area contributed by atoms with E-state index in [4.69, 9.17) is 4.74 Å². The first-order chi connectivity index (χ1) is 7.34. The fraction of sp³-hybridized carbons (Fsp3) is 1.00. The van der Waals surface area contributed by atoms with Crippen LogP contribution >= 0.6 is 0 Å². The molecule has 0 radical (unpaired) electrons. The van der Waals surface area contributed by atoms with Gasteiger partial charge in [-0.2, -0.15) is 0 Å². The minimum absolute atomic E-state index is 0.469. The molecule has 2 N–H and O–H groups in total. The van der Waals surface area contributed by atoms with E-state index in [1.807, 2.05) is 0 Å². The van der Waals surface area contributed by atoms with E-state index in [9.17, 15) is 0 Å². The molecule has 3 heteroatoms. The van der Waals surface area contributed by atoms with E-state index in [0.717, 1.165) is 19.1 Å². The van der Waals surface area contributed by atoms with Crippen molar-refractivity contribution in [1.29, 1.82) is 0 Å². The molecule has 0 bridgehead atoms. The van der Waals surface area contributed by atoms with Crippen LogP contribution in [0.3, 0.4) is 0 Å². The van der Waals surface area contributed by atoms with Crippen molar-refractivity contribution in [2.24, 2.45) is 0 Å². The molecule has 0 aromatic heterocycles. The largest absolute Gasteiger partial charge is 0.374 e. The summed E-state index contributed by atoms with van der Waals surface area (Å²) < 4.78 is 5.74. The molecule has 1 heterocycles. The van der Waals surface area contributed by atoms with Gasteiger partial charge in [-0.05, 0) is 52.1 Å². The van der Waals surface area contributed by atoms with Crippen molar-refractivity contribution in [3.8, 4) is 0 Å². The summed E-state index contributed by atoms with van der Waals surface area (Å²) in [5.74, 6) is 0. The molecule has 0 amide bonds. The van der Waals surface area contributed by atoms with Crippen LogP contribution in [0.2, 0.25) is 0 Å². The van der Waals surface area contributed by atoms with E-state index in [2.05, 4.69) is 17.6 Å². The van der Waals surface area contributed by atoms with Gasteiger partial charge in [0.2, 0.25) is 0 Å². The lowest BCUT2D eigenvalue weighted by Crippen LogP contribution is -2.29. The Hall–Kier alpha value is -0.120. The summed E-state index contributed by atoms with van der Waals surface area (Å²) in [6.45, 7) is 5.49. The third kappa shape index (κ3) is 4.49. The van der Waals surface area contributed by atoms with Crippen LogP contribution in [0.5, 0.6) is 0 Å². The Labute approximate surface area is 93.0 Å². The van der Waals surface area contributed by atoms with E-state index in [1.165, 1.54) is 38.6 Å². The van der Waals surface area contributed by atoms with Crippen molar-refractivity contribution < 1.29 is 4.74 Å². The van der Waals surface area contributed by atoms with Gasteiger partial charge in [0.05, 0.1) is 12.2 Å². The Morgan fingerprint density at radius 1 is 1.13 bits per heavy atom. The normalized spacial score (nSPS) is 31.0. The van der Waals surface area contributed by atoms with Gasteiger partial charge in [-0.15, -0.1) is 0 Å². The fourth-order valence-electron chi connectivity index (χ4n) is 2.11. The van der Waals surface area contributed by atoms with Gasteiger partial charge in [-0.25, -0.2) is 0 Å². The zero-order chi connectivity index (χ0) is 10.5. The Morgan fingerprint density at radius 3 is 2.67 bits per heavy atom.